The predicted octanol–water partition coefficient (Wildman–Crippen LogP) is 9.42. The average Bonchev–Trinajstić information content (AvgIpc) is 2.63. The molecule has 0 aliphatic heterocycles. The molecule has 37 heavy (non-hydrogen) atoms. The molecule has 0 fully saturated rings. The minimum absolute atomic E-state index is 1.99. The fraction of sp³-hybridized carbons (Fsp3) is 1.00. The Labute approximate surface area is 204 Å². The Kier molecular flexibility index (Phi) is 9.07. The Morgan fingerprint density at radius 2 is 0.514 bits per heavy atom. The Morgan fingerprint density at radius 3 is 0.730 bits per heavy atom. The van der Waals surface area contributed by atoms with Gasteiger partial charge in [-0.05, 0) is 0 Å². The largest absolute Gasteiger partial charge is 0.460 e. The third kappa shape index (κ3) is 5.17. The van der Waals surface area contributed by atoms with Crippen molar-refractivity contribution in [3.05, 3.63) is 0 Å². The molecule has 0 bridgehead atoms. The second-order valence-corrected chi connectivity index (χ2v) is 9.43. The summed E-state index contributed by atoms with van der Waals surface area (Å²) in [5, 5.41) is 0. The molecular weight excluding hydrogens is 661 g/mol. The van der Waals surface area contributed by atoms with Crippen LogP contribution in [0.1, 0.15) is 12.8 Å². The van der Waals surface area contributed by atoms with E-state index in [0.717, 1.165) is 0 Å². The Bertz CT molecular complexity index is 821. The van der Waals surface area contributed by atoms with Gasteiger partial charge in [0.15, 0.2) is 3.79 Å². The van der Waals surface area contributed by atoms with Crippen molar-refractivity contribution in [2.45, 2.75) is 76.1 Å². The maximum Gasteiger partial charge on any atom is 0.460 e. The molecule has 24 heteroatoms. The van der Waals surface area contributed by atoms with Crippen molar-refractivity contribution in [1.82, 2.24) is 0 Å². The molecule has 0 amide bonds. The minimum atomic E-state index is -9.20. The van der Waals surface area contributed by atoms with Gasteiger partial charge in [0.2, 0.25) is 0 Å². The first-order valence-electron chi connectivity index (χ1n) is 7.99. The van der Waals surface area contributed by atoms with Crippen LogP contribution in [0.15, 0.2) is 0 Å². The van der Waals surface area contributed by atoms with E-state index in [1.54, 1.807) is 0 Å². The second-order valence-electron chi connectivity index (χ2n) is 6.91. The number of hydrogen-bond donors (Lipinski definition) is 0. The summed E-state index contributed by atoms with van der Waals surface area (Å²) in [4.78, 5) is 0. The van der Waals surface area contributed by atoms with Gasteiger partial charge < -0.3 is 0 Å². The van der Waals surface area contributed by atoms with Gasteiger partial charge >= 0.3 is 59.5 Å². The van der Waals surface area contributed by atoms with Crippen LogP contribution in [0.5, 0.6) is 0 Å². The first kappa shape index (κ1) is 36.4. The van der Waals surface area contributed by atoms with Crippen molar-refractivity contribution in [2.75, 3.05) is 0 Å². The molecule has 0 aromatic rings. The molecule has 0 N–H and O–H groups in total. The van der Waals surface area contributed by atoms with Gasteiger partial charge in [-0.15, -0.1) is 0 Å². The van der Waals surface area contributed by atoms with Gasteiger partial charge in [-0.3, -0.25) is 0 Å². The first-order valence-corrected chi connectivity index (χ1v) is 9.13. The molecule has 0 radical (unpaired) electrons. The van der Waals surface area contributed by atoms with Crippen molar-refractivity contribution in [3.8, 4) is 0 Å². The third-order valence-corrected chi connectivity index (χ3v) is 4.87. The van der Waals surface area contributed by atoms with Crippen LogP contribution in [0, 0.1) is 0 Å². The Morgan fingerprint density at radius 1 is 0.297 bits per heavy atom. The van der Waals surface area contributed by atoms with Gasteiger partial charge in [0, 0.05) is 12.8 Å². The Balaban J connectivity index is 6.95. The lowest BCUT2D eigenvalue weighted by molar-refractivity contribution is -0.474. The summed E-state index contributed by atoms with van der Waals surface area (Å²) in [5.41, 5.74) is 0. The van der Waals surface area contributed by atoms with E-state index in [4.69, 9.17) is 34.8 Å². The van der Waals surface area contributed by atoms with E-state index in [1.807, 2.05) is 0 Å². The van der Waals surface area contributed by atoms with Crippen molar-refractivity contribution in [2.24, 2.45) is 0 Å². The van der Waals surface area contributed by atoms with Gasteiger partial charge in [0.25, 0.3) is 0 Å². The van der Waals surface area contributed by atoms with Crippen molar-refractivity contribution >= 4 is 34.8 Å². The van der Waals surface area contributed by atoms with Crippen LogP contribution in [0.3, 0.4) is 0 Å². The highest BCUT2D eigenvalue weighted by Gasteiger charge is 2.97. The zero-order valence-corrected chi connectivity index (χ0v) is 18.3. The molecule has 0 unspecified atom stereocenters. The topological polar surface area (TPSA) is 0 Å². The minimum Gasteiger partial charge on any atom is -0.200 e. The molecule has 0 nitrogen and oxygen atoms in total. The molecule has 0 aliphatic carbocycles. The molecule has 0 aromatic carbocycles. The highest BCUT2D eigenvalue weighted by Crippen LogP contribution is 2.66. The van der Waals surface area contributed by atoms with E-state index in [2.05, 4.69) is 0 Å². The average molecular weight is 665 g/mol. The molecule has 224 valence electrons. The summed E-state index contributed by atoms with van der Waals surface area (Å²) in [5.74, 6) is -77.3. The zero-order chi connectivity index (χ0) is 30.9. The molecule has 0 aromatic heterocycles. The molecule has 0 saturated heterocycles. The van der Waals surface area contributed by atoms with Crippen LogP contribution in [-0.4, -0.2) is 63.3 Å². The SMILES string of the molecule is FC(F)(F)C(F)(F)C(F)(F)C(F)(F)C(F)(F)C(F)(F)C(F)(F)C(F)(F)C(F)(F)C(F)(F)CCC(Cl)(Cl)Cl. The summed E-state index contributed by atoms with van der Waals surface area (Å²) >= 11 is 14.4. The lowest BCUT2D eigenvalue weighted by Crippen LogP contribution is -2.76. The van der Waals surface area contributed by atoms with Crippen LogP contribution in [0.4, 0.5) is 92.2 Å². The third-order valence-electron chi connectivity index (χ3n) is 4.30. The molecule has 0 heterocycles. The van der Waals surface area contributed by atoms with Gasteiger partial charge in [-0.1, -0.05) is 34.8 Å². The van der Waals surface area contributed by atoms with Gasteiger partial charge in [0.05, 0.1) is 0 Å². The number of alkyl halides is 24. The Hall–Kier alpha value is -0.600. The summed E-state index contributed by atoms with van der Waals surface area (Å²) in [6.45, 7) is 0. The van der Waals surface area contributed by atoms with Crippen LogP contribution < -0.4 is 0 Å². The fourth-order valence-corrected chi connectivity index (χ4v) is 2.33. The summed E-state index contributed by atoms with van der Waals surface area (Å²) in [6.07, 6.45) is -13.0. The molecule has 0 atom stereocenters. The highest BCUT2D eigenvalue weighted by molar-refractivity contribution is 6.67. The predicted molar refractivity (Wildman–Crippen MR) is 80.1 cm³/mol. The van der Waals surface area contributed by atoms with Crippen LogP contribution in [0.2, 0.25) is 0 Å². The lowest BCUT2D eigenvalue weighted by Gasteiger charge is -2.44. The number of rotatable bonds is 10. The molecule has 0 saturated carbocycles. The van der Waals surface area contributed by atoms with E-state index >= 15 is 0 Å². The first-order chi connectivity index (χ1) is 15.5. The maximum atomic E-state index is 13.6. The van der Waals surface area contributed by atoms with Crippen molar-refractivity contribution in [3.63, 3.8) is 0 Å². The quantitative estimate of drug-likeness (QED) is 0.161. The second kappa shape index (κ2) is 9.22. The van der Waals surface area contributed by atoms with E-state index in [0.29, 0.717) is 0 Å². The highest BCUT2D eigenvalue weighted by atomic mass is 35.6. The molecule has 0 aliphatic rings. The van der Waals surface area contributed by atoms with Crippen LogP contribution in [0.25, 0.3) is 0 Å². The van der Waals surface area contributed by atoms with Crippen molar-refractivity contribution in [1.29, 1.82) is 0 Å². The lowest BCUT2D eigenvalue weighted by atomic mass is 9.85. The summed E-state index contributed by atoms with van der Waals surface area (Å²) < 4.78 is 273. The van der Waals surface area contributed by atoms with Crippen molar-refractivity contribution < 1.29 is 92.2 Å². The molecule has 0 spiro atoms. The smallest absolute Gasteiger partial charge is 0.200 e. The van der Waals surface area contributed by atoms with Crippen LogP contribution >= 0.6 is 34.8 Å². The van der Waals surface area contributed by atoms with E-state index in [-0.39, 0.29) is 0 Å². The zero-order valence-electron chi connectivity index (χ0n) is 16.0. The van der Waals surface area contributed by atoms with Crippen LogP contribution in [-0.2, 0) is 0 Å². The fourth-order valence-electron chi connectivity index (χ4n) is 2.05. The number of halogens is 24. The summed E-state index contributed by atoms with van der Waals surface area (Å²) in [7, 11) is 0. The standard InChI is InChI=1S/C13H4Cl3F21/c14-4(15,16)2-1-3(17,18)5(19,20)6(21,22)7(23,24)8(25,26)9(27,28)10(29,30)11(31,32)12(33,34)13(35,36)37/h1-2H2. The molecular formula is C13H4Cl3F21. The number of hydrogen-bond acceptors (Lipinski definition) is 0. The van der Waals surface area contributed by atoms with Gasteiger partial charge in [0.1, 0.15) is 0 Å². The summed E-state index contributed by atoms with van der Waals surface area (Å²) in [6, 6.07) is 0. The van der Waals surface area contributed by atoms with E-state index < -0.39 is 76.1 Å². The normalized spacial score (nSPS) is 16.9. The van der Waals surface area contributed by atoms with E-state index in [9.17, 15) is 92.2 Å². The van der Waals surface area contributed by atoms with E-state index in [1.165, 1.54) is 0 Å². The maximum absolute atomic E-state index is 13.6. The monoisotopic (exact) mass is 664 g/mol. The van der Waals surface area contributed by atoms with Gasteiger partial charge in [-0.2, -0.15) is 92.2 Å². The molecule has 0 rings (SSSR count). The van der Waals surface area contributed by atoms with Gasteiger partial charge in [-0.25, -0.2) is 0 Å².